The maximum atomic E-state index is 13.2. The Balaban J connectivity index is 2.99. The van der Waals surface area contributed by atoms with Gasteiger partial charge < -0.3 is 16.0 Å². The van der Waals surface area contributed by atoms with Gasteiger partial charge in [0.15, 0.2) is 0 Å². The first-order valence-electron chi connectivity index (χ1n) is 11.3. The Bertz CT molecular complexity index is 817. The van der Waals surface area contributed by atoms with Gasteiger partial charge in [0.05, 0.1) is 6.07 Å². The van der Waals surface area contributed by atoms with E-state index in [1.807, 2.05) is 45.9 Å². The number of nitrogens with one attached hydrogen (secondary N) is 3. The highest BCUT2D eigenvalue weighted by atomic mass is 16.2. The SMILES string of the molecule is C=C(/C=C\C=C/C)[C@@H](C(=O)N[C@@H](CC(C)(C)C)C(=O)N[C@H](C#N)C[C@@H]1CCNC1=O)N(C)C. The van der Waals surface area contributed by atoms with Crippen LogP contribution in [0.1, 0.15) is 47.0 Å². The molecule has 0 aromatic rings. The highest BCUT2D eigenvalue weighted by Crippen LogP contribution is 2.22. The third-order valence-electron chi connectivity index (χ3n) is 5.33. The number of likely N-dealkylation sites (N-methyl/N-ethyl adjacent to an activating group) is 1. The number of carbonyl (C=O) groups is 3. The summed E-state index contributed by atoms with van der Waals surface area (Å²) >= 11 is 0. The fraction of sp³-hybridized carbons (Fsp3) is 0.600. The van der Waals surface area contributed by atoms with Crippen LogP contribution in [0.2, 0.25) is 0 Å². The van der Waals surface area contributed by atoms with Crippen molar-refractivity contribution in [3.8, 4) is 6.07 Å². The van der Waals surface area contributed by atoms with Crippen LogP contribution in [-0.2, 0) is 14.4 Å². The topological polar surface area (TPSA) is 114 Å². The molecule has 1 saturated heterocycles. The summed E-state index contributed by atoms with van der Waals surface area (Å²) in [6.45, 7) is 12.4. The molecule has 0 aromatic heterocycles. The molecule has 0 aliphatic carbocycles. The van der Waals surface area contributed by atoms with Crippen molar-refractivity contribution < 1.29 is 14.4 Å². The summed E-state index contributed by atoms with van der Waals surface area (Å²) in [5, 5.41) is 17.9. The molecular weight excluding hydrogens is 418 g/mol. The van der Waals surface area contributed by atoms with Crippen molar-refractivity contribution in [2.75, 3.05) is 20.6 Å². The predicted molar refractivity (Wildman–Crippen MR) is 130 cm³/mol. The molecule has 4 atom stereocenters. The molecule has 0 bridgehead atoms. The minimum atomic E-state index is -0.833. The molecule has 0 aromatic carbocycles. The van der Waals surface area contributed by atoms with Crippen LogP contribution in [-0.4, -0.2) is 61.4 Å². The largest absolute Gasteiger partial charge is 0.356 e. The Morgan fingerprint density at radius 3 is 2.42 bits per heavy atom. The van der Waals surface area contributed by atoms with Gasteiger partial charge in [-0.2, -0.15) is 5.26 Å². The second-order valence-electron chi connectivity index (χ2n) is 9.85. The molecule has 3 amide bonds. The Kier molecular flexibility index (Phi) is 11.0. The maximum absolute atomic E-state index is 13.2. The number of nitrogens with zero attached hydrogens (tertiary/aromatic N) is 2. The van der Waals surface area contributed by atoms with Crippen molar-refractivity contribution in [2.24, 2.45) is 11.3 Å². The Hall–Kier alpha value is -2.92. The van der Waals surface area contributed by atoms with Crippen LogP contribution in [0.15, 0.2) is 36.5 Å². The molecule has 182 valence electrons. The van der Waals surface area contributed by atoms with Crippen LogP contribution < -0.4 is 16.0 Å². The van der Waals surface area contributed by atoms with Gasteiger partial charge in [0, 0.05) is 12.5 Å². The van der Waals surface area contributed by atoms with Crippen molar-refractivity contribution in [3.63, 3.8) is 0 Å². The van der Waals surface area contributed by atoms with E-state index < -0.39 is 24.0 Å². The highest BCUT2D eigenvalue weighted by molar-refractivity contribution is 5.92. The number of amides is 3. The number of carbonyl (C=O) groups excluding carboxylic acids is 3. The first-order chi connectivity index (χ1) is 15.4. The second-order valence-corrected chi connectivity index (χ2v) is 9.85. The lowest BCUT2D eigenvalue weighted by Gasteiger charge is -2.30. The van der Waals surface area contributed by atoms with Crippen LogP contribution in [0, 0.1) is 22.7 Å². The highest BCUT2D eigenvalue weighted by Gasteiger charge is 2.33. The zero-order valence-electron chi connectivity index (χ0n) is 20.8. The zero-order chi connectivity index (χ0) is 25.2. The summed E-state index contributed by atoms with van der Waals surface area (Å²) in [4.78, 5) is 39.9. The second kappa shape index (κ2) is 12.9. The molecule has 8 heteroatoms. The summed E-state index contributed by atoms with van der Waals surface area (Å²) in [6.07, 6.45) is 8.56. The third kappa shape index (κ3) is 9.62. The molecule has 1 aliphatic rings. The van der Waals surface area contributed by atoms with E-state index in [1.54, 1.807) is 25.1 Å². The van der Waals surface area contributed by atoms with Crippen LogP contribution in [0.3, 0.4) is 0 Å². The Labute approximate surface area is 198 Å². The van der Waals surface area contributed by atoms with E-state index in [0.717, 1.165) is 0 Å². The molecule has 3 N–H and O–H groups in total. The number of hydrogen-bond donors (Lipinski definition) is 3. The first-order valence-corrected chi connectivity index (χ1v) is 11.3. The van der Waals surface area contributed by atoms with E-state index in [9.17, 15) is 19.6 Å². The molecule has 0 saturated carbocycles. The summed E-state index contributed by atoms with van der Waals surface area (Å²) in [5.41, 5.74) is 0.340. The van der Waals surface area contributed by atoms with E-state index >= 15 is 0 Å². The lowest BCUT2D eigenvalue weighted by molar-refractivity contribution is -0.131. The fourth-order valence-corrected chi connectivity index (χ4v) is 3.76. The molecule has 1 aliphatic heterocycles. The van der Waals surface area contributed by atoms with Gasteiger partial charge in [0.1, 0.15) is 18.1 Å². The average Bonchev–Trinajstić information content (AvgIpc) is 3.10. The van der Waals surface area contributed by atoms with Gasteiger partial charge in [0.25, 0.3) is 0 Å². The van der Waals surface area contributed by atoms with Gasteiger partial charge in [-0.15, -0.1) is 0 Å². The number of hydrogen-bond acceptors (Lipinski definition) is 5. The molecular formula is C25H39N5O3. The summed E-state index contributed by atoms with van der Waals surface area (Å²) in [7, 11) is 3.55. The fourth-order valence-electron chi connectivity index (χ4n) is 3.76. The van der Waals surface area contributed by atoms with E-state index in [4.69, 9.17) is 0 Å². The molecule has 0 unspecified atom stereocenters. The quantitative estimate of drug-likeness (QED) is 0.411. The van der Waals surface area contributed by atoms with Crippen molar-refractivity contribution >= 4 is 17.7 Å². The van der Waals surface area contributed by atoms with E-state index in [0.29, 0.717) is 25.0 Å². The maximum Gasteiger partial charge on any atom is 0.243 e. The van der Waals surface area contributed by atoms with Crippen molar-refractivity contribution in [3.05, 3.63) is 36.5 Å². The predicted octanol–water partition coefficient (Wildman–Crippen LogP) is 2.06. The van der Waals surface area contributed by atoms with Gasteiger partial charge in [0.2, 0.25) is 17.7 Å². The molecule has 33 heavy (non-hydrogen) atoms. The summed E-state index contributed by atoms with van der Waals surface area (Å²) in [5.74, 6) is -1.17. The third-order valence-corrected chi connectivity index (χ3v) is 5.33. The van der Waals surface area contributed by atoms with E-state index in [2.05, 4.69) is 28.6 Å². The molecule has 0 radical (unpaired) electrons. The number of allylic oxidation sites excluding steroid dienone is 3. The van der Waals surface area contributed by atoms with Gasteiger partial charge in [-0.25, -0.2) is 0 Å². The lowest BCUT2D eigenvalue weighted by Crippen LogP contribution is -2.55. The molecule has 0 spiro atoms. The monoisotopic (exact) mass is 457 g/mol. The normalized spacial score (nSPS) is 19.2. The Morgan fingerprint density at radius 2 is 1.94 bits per heavy atom. The Morgan fingerprint density at radius 1 is 1.27 bits per heavy atom. The van der Waals surface area contributed by atoms with Crippen molar-refractivity contribution in [2.45, 2.75) is 65.1 Å². The molecule has 8 nitrogen and oxygen atoms in total. The number of rotatable bonds is 11. The molecule has 1 fully saturated rings. The summed E-state index contributed by atoms with van der Waals surface area (Å²) < 4.78 is 0. The minimum absolute atomic E-state index is 0.0950. The van der Waals surface area contributed by atoms with Crippen LogP contribution in [0.5, 0.6) is 0 Å². The lowest BCUT2D eigenvalue weighted by atomic mass is 9.87. The first kappa shape index (κ1) is 28.1. The number of nitriles is 1. The van der Waals surface area contributed by atoms with Crippen molar-refractivity contribution in [1.82, 2.24) is 20.9 Å². The molecule has 1 heterocycles. The zero-order valence-corrected chi connectivity index (χ0v) is 20.8. The van der Waals surface area contributed by atoms with Crippen LogP contribution in [0.25, 0.3) is 0 Å². The molecule has 1 rings (SSSR count). The van der Waals surface area contributed by atoms with Gasteiger partial charge in [-0.05, 0) is 51.3 Å². The van der Waals surface area contributed by atoms with Crippen molar-refractivity contribution in [1.29, 1.82) is 5.26 Å². The van der Waals surface area contributed by atoms with Crippen LogP contribution >= 0.6 is 0 Å². The smallest absolute Gasteiger partial charge is 0.243 e. The minimum Gasteiger partial charge on any atom is -0.356 e. The van der Waals surface area contributed by atoms with E-state index in [-0.39, 0.29) is 29.6 Å². The standard InChI is InChI=1S/C25H39N5O3/c1-8-9-10-11-17(2)21(30(6)7)24(33)29-20(15-25(3,4)5)23(32)28-19(16-26)14-18-12-13-27-22(18)31/h8-11,18-21H,2,12-15H2,1,3-7H3,(H,27,31)(H,28,32)(H,29,33)/b9-8-,11-10-/t18-,19-,20-,21-/m0/s1. The van der Waals surface area contributed by atoms with Gasteiger partial charge in [-0.1, -0.05) is 51.7 Å². The summed E-state index contributed by atoms with van der Waals surface area (Å²) in [6, 6.07) is -0.224. The van der Waals surface area contributed by atoms with E-state index in [1.165, 1.54) is 0 Å². The van der Waals surface area contributed by atoms with Gasteiger partial charge in [-0.3, -0.25) is 19.3 Å². The van der Waals surface area contributed by atoms with Crippen LogP contribution in [0.4, 0.5) is 0 Å². The van der Waals surface area contributed by atoms with Gasteiger partial charge >= 0.3 is 0 Å². The average molecular weight is 458 g/mol.